The minimum absolute atomic E-state index is 0.228. The van der Waals surface area contributed by atoms with Crippen molar-refractivity contribution in [1.29, 1.82) is 0 Å². The molecule has 0 spiro atoms. The van der Waals surface area contributed by atoms with E-state index in [2.05, 4.69) is 0 Å². The van der Waals surface area contributed by atoms with Gasteiger partial charge in [0, 0.05) is 30.2 Å². The number of carbonyl (C=O) groups excluding carboxylic acids is 2. The maximum Gasteiger partial charge on any atom is 0.340 e. The maximum atomic E-state index is 13.1. The minimum Gasteiger partial charge on any atom is -0.452 e. The van der Waals surface area contributed by atoms with Gasteiger partial charge in [0.05, 0.1) is 18.8 Å². The van der Waals surface area contributed by atoms with Gasteiger partial charge in [-0.3, -0.25) is 4.79 Å². The van der Waals surface area contributed by atoms with Gasteiger partial charge in [-0.1, -0.05) is 0 Å². The van der Waals surface area contributed by atoms with Crippen LogP contribution in [0.1, 0.15) is 21.7 Å². The van der Waals surface area contributed by atoms with E-state index >= 15 is 0 Å². The lowest BCUT2D eigenvalue weighted by molar-refractivity contribution is -0.138. The number of rotatable bonds is 4. The molecule has 0 atom stereocenters. The molecule has 0 saturated carbocycles. The third kappa shape index (κ3) is 3.77. The quantitative estimate of drug-likeness (QED) is 0.785. The minimum atomic E-state index is -0.548. The van der Waals surface area contributed by atoms with Crippen LogP contribution < -0.4 is 0 Å². The first-order chi connectivity index (χ1) is 12.5. The molecule has 0 unspecified atom stereocenters. The molecule has 6 nitrogen and oxygen atoms in total. The van der Waals surface area contributed by atoms with Crippen molar-refractivity contribution in [1.82, 2.24) is 9.47 Å². The van der Waals surface area contributed by atoms with Crippen LogP contribution in [-0.2, 0) is 14.3 Å². The number of halogens is 1. The van der Waals surface area contributed by atoms with E-state index in [0.29, 0.717) is 37.6 Å². The van der Waals surface area contributed by atoms with Crippen molar-refractivity contribution >= 4 is 11.9 Å². The lowest BCUT2D eigenvalue weighted by atomic mass is 10.2. The second-order valence-electron chi connectivity index (χ2n) is 6.17. The summed E-state index contributed by atoms with van der Waals surface area (Å²) in [5, 5.41) is 0. The summed E-state index contributed by atoms with van der Waals surface area (Å²) < 4.78 is 25.4. The Kier molecular flexibility index (Phi) is 5.37. The van der Waals surface area contributed by atoms with Gasteiger partial charge in [0.1, 0.15) is 5.82 Å². The summed E-state index contributed by atoms with van der Waals surface area (Å²) in [7, 11) is 0. The topological polar surface area (TPSA) is 60.8 Å². The molecule has 0 bridgehead atoms. The number of hydrogen-bond acceptors (Lipinski definition) is 4. The number of hydrogen-bond donors (Lipinski definition) is 0. The third-order valence-corrected chi connectivity index (χ3v) is 4.43. The molecule has 7 heteroatoms. The van der Waals surface area contributed by atoms with Crippen molar-refractivity contribution in [2.24, 2.45) is 0 Å². The Morgan fingerprint density at radius 1 is 1.15 bits per heavy atom. The summed E-state index contributed by atoms with van der Waals surface area (Å²) in [6.45, 7) is 5.36. The Balaban J connectivity index is 1.71. The van der Waals surface area contributed by atoms with Gasteiger partial charge in [0.25, 0.3) is 5.91 Å². The summed E-state index contributed by atoms with van der Waals surface area (Å²) in [6, 6.07) is 7.74. The van der Waals surface area contributed by atoms with Crippen LogP contribution in [0.15, 0.2) is 30.3 Å². The molecule has 1 fully saturated rings. The molecule has 138 valence electrons. The number of esters is 1. The van der Waals surface area contributed by atoms with Gasteiger partial charge in [-0.05, 0) is 44.2 Å². The molecule has 1 amide bonds. The van der Waals surface area contributed by atoms with Crippen LogP contribution in [0.4, 0.5) is 4.39 Å². The number of ether oxygens (including phenoxy) is 2. The molecule has 3 rings (SSSR count). The fourth-order valence-corrected chi connectivity index (χ4v) is 3.07. The van der Waals surface area contributed by atoms with Crippen molar-refractivity contribution in [2.75, 3.05) is 32.9 Å². The summed E-state index contributed by atoms with van der Waals surface area (Å²) in [5.41, 5.74) is 2.64. The van der Waals surface area contributed by atoms with Crippen LogP contribution in [0.5, 0.6) is 0 Å². The van der Waals surface area contributed by atoms with Crippen molar-refractivity contribution in [2.45, 2.75) is 13.8 Å². The van der Waals surface area contributed by atoms with E-state index in [1.807, 2.05) is 11.5 Å². The largest absolute Gasteiger partial charge is 0.452 e. The highest BCUT2D eigenvalue weighted by atomic mass is 19.1. The van der Waals surface area contributed by atoms with E-state index in [9.17, 15) is 14.0 Å². The molecule has 1 aromatic heterocycles. The Bertz CT molecular complexity index is 808. The number of morpholine rings is 1. The lowest BCUT2D eigenvalue weighted by Gasteiger charge is -2.26. The van der Waals surface area contributed by atoms with Crippen LogP contribution in [0.25, 0.3) is 5.69 Å². The molecular formula is C19H21FN2O4. The van der Waals surface area contributed by atoms with Gasteiger partial charge in [0.2, 0.25) is 0 Å². The zero-order valence-corrected chi connectivity index (χ0v) is 14.8. The van der Waals surface area contributed by atoms with E-state index < -0.39 is 5.97 Å². The van der Waals surface area contributed by atoms with E-state index in [4.69, 9.17) is 9.47 Å². The standard InChI is InChI=1S/C19H21FN2O4/c1-13-11-17(14(2)22(13)16-5-3-15(20)4-6-16)19(24)26-12-18(23)21-7-9-25-10-8-21/h3-6,11H,7-10,12H2,1-2H3. The summed E-state index contributed by atoms with van der Waals surface area (Å²) in [6.07, 6.45) is 0. The number of carbonyl (C=O) groups is 2. The zero-order valence-electron chi connectivity index (χ0n) is 14.8. The number of amides is 1. The Morgan fingerprint density at radius 3 is 2.46 bits per heavy atom. The summed E-state index contributed by atoms with van der Waals surface area (Å²) in [4.78, 5) is 26.1. The molecular weight excluding hydrogens is 339 g/mol. The molecule has 26 heavy (non-hydrogen) atoms. The molecule has 1 aromatic carbocycles. The highest BCUT2D eigenvalue weighted by Crippen LogP contribution is 2.21. The summed E-state index contributed by atoms with van der Waals surface area (Å²) in [5.74, 6) is -1.10. The molecule has 2 heterocycles. The Morgan fingerprint density at radius 2 is 1.81 bits per heavy atom. The molecule has 2 aromatic rings. The van der Waals surface area contributed by atoms with Crippen LogP contribution in [-0.4, -0.2) is 54.3 Å². The van der Waals surface area contributed by atoms with Crippen LogP contribution in [0.3, 0.4) is 0 Å². The second kappa shape index (κ2) is 7.70. The Hall–Kier alpha value is -2.67. The van der Waals surface area contributed by atoms with Gasteiger partial charge >= 0.3 is 5.97 Å². The van der Waals surface area contributed by atoms with Gasteiger partial charge in [0.15, 0.2) is 6.61 Å². The number of nitrogens with zero attached hydrogens (tertiary/aromatic N) is 2. The Labute approximate surface area is 151 Å². The monoisotopic (exact) mass is 360 g/mol. The average Bonchev–Trinajstić information content (AvgIpc) is 2.95. The van der Waals surface area contributed by atoms with E-state index in [-0.39, 0.29) is 18.3 Å². The van der Waals surface area contributed by atoms with Gasteiger partial charge < -0.3 is 18.9 Å². The first kappa shape index (κ1) is 18.1. The van der Waals surface area contributed by atoms with Crippen molar-refractivity contribution in [3.05, 3.63) is 53.1 Å². The number of aryl methyl sites for hydroxylation is 1. The van der Waals surface area contributed by atoms with Crippen molar-refractivity contribution in [3.63, 3.8) is 0 Å². The third-order valence-electron chi connectivity index (χ3n) is 4.43. The average molecular weight is 360 g/mol. The predicted octanol–water partition coefficient (Wildman–Crippen LogP) is 2.25. The maximum absolute atomic E-state index is 13.1. The molecule has 1 saturated heterocycles. The molecule has 0 radical (unpaired) electrons. The van der Waals surface area contributed by atoms with E-state index in [1.165, 1.54) is 12.1 Å². The highest BCUT2D eigenvalue weighted by molar-refractivity contribution is 5.93. The highest BCUT2D eigenvalue weighted by Gasteiger charge is 2.21. The SMILES string of the molecule is Cc1cc(C(=O)OCC(=O)N2CCOCC2)c(C)n1-c1ccc(F)cc1. The molecule has 1 aliphatic rings. The van der Waals surface area contributed by atoms with Crippen LogP contribution in [0, 0.1) is 19.7 Å². The zero-order chi connectivity index (χ0) is 18.7. The molecule has 1 aliphatic heterocycles. The first-order valence-electron chi connectivity index (χ1n) is 8.45. The molecule has 0 aliphatic carbocycles. The second-order valence-corrected chi connectivity index (χ2v) is 6.17. The summed E-state index contributed by atoms with van der Waals surface area (Å²) >= 11 is 0. The number of aromatic nitrogens is 1. The molecule has 0 N–H and O–H groups in total. The lowest BCUT2D eigenvalue weighted by Crippen LogP contribution is -2.42. The van der Waals surface area contributed by atoms with Crippen LogP contribution >= 0.6 is 0 Å². The first-order valence-corrected chi connectivity index (χ1v) is 8.45. The van der Waals surface area contributed by atoms with E-state index in [1.54, 1.807) is 30.0 Å². The van der Waals surface area contributed by atoms with Crippen molar-refractivity contribution < 1.29 is 23.5 Å². The van der Waals surface area contributed by atoms with Gasteiger partial charge in [-0.25, -0.2) is 9.18 Å². The fourth-order valence-electron chi connectivity index (χ4n) is 3.07. The van der Waals surface area contributed by atoms with E-state index in [0.717, 1.165) is 11.4 Å². The predicted molar refractivity (Wildman–Crippen MR) is 92.9 cm³/mol. The van der Waals surface area contributed by atoms with Crippen LogP contribution in [0.2, 0.25) is 0 Å². The van der Waals surface area contributed by atoms with Crippen molar-refractivity contribution in [3.8, 4) is 5.69 Å². The van der Waals surface area contributed by atoms with Gasteiger partial charge in [-0.15, -0.1) is 0 Å². The fraction of sp³-hybridized carbons (Fsp3) is 0.368. The number of benzene rings is 1. The smallest absolute Gasteiger partial charge is 0.340 e. The normalized spacial score (nSPS) is 14.3. The van der Waals surface area contributed by atoms with Gasteiger partial charge in [-0.2, -0.15) is 0 Å².